The molecule has 3 amide bonds. The Morgan fingerprint density at radius 1 is 1.00 bits per heavy atom. The molecule has 8 heteroatoms. The zero-order valence-corrected chi connectivity index (χ0v) is 13.9. The van der Waals surface area contributed by atoms with E-state index in [4.69, 9.17) is 11.5 Å². The average Bonchev–Trinajstić information content (AvgIpc) is 2.61. The maximum Gasteiger partial charge on any atom is 0.251 e. The number of nitrogens with two attached hydrogens (primary N) is 2. The van der Waals surface area contributed by atoms with Crippen molar-refractivity contribution >= 4 is 23.4 Å². The third-order valence-corrected chi connectivity index (χ3v) is 3.48. The van der Waals surface area contributed by atoms with Gasteiger partial charge in [0.2, 0.25) is 11.8 Å². The van der Waals surface area contributed by atoms with Gasteiger partial charge < -0.3 is 22.1 Å². The van der Waals surface area contributed by atoms with Gasteiger partial charge in [-0.3, -0.25) is 14.4 Å². The topological polar surface area (TPSA) is 127 Å². The molecule has 0 aliphatic rings. The van der Waals surface area contributed by atoms with Gasteiger partial charge in [0.05, 0.1) is 13.0 Å². The lowest BCUT2D eigenvalue weighted by Gasteiger charge is -2.10. The van der Waals surface area contributed by atoms with Gasteiger partial charge in [-0.05, 0) is 41.5 Å². The smallest absolute Gasteiger partial charge is 0.251 e. The van der Waals surface area contributed by atoms with Gasteiger partial charge in [0.15, 0.2) is 0 Å². The van der Waals surface area contributed by atoms with Crippen LogP contribution in [0.3, 0.4) is 0 Å². The molecule has 26 heavy (non-hydrogen) atoms. The summed E-state index contributed by atoms with van der Waals surface area (Å²) >= 11 is 0. The lowest BCUT2D eigenvalue weighted by atomic mass is 10.1. The van der Waals surface area contributed by atoms with E-state index in [1.165, 1.54) is 30.3 Å². The van der Waals surface area contributed by atoms with Crippen LogP contribution in [0.4, 0.5) is 10.1 Å². The number of nitrogens with one attached hydrogen (secondary N) is 2. The first-order valence-corrected chi connectivity index (χ1v) is 7.82. The van der Waals surface area contributed by atoms with E-state index in [1.54, 1.807) is 12.1 Å². The number of carbonyl (C=O) groups excluding carboxylic acids is 3. The molecule has 0 aliphatic heterocycles. The molecule has 136 valence electrons. The van der Waals surface area contributed by atoms with Crippen LogP contribution in [-0.4, -0.2) is 24.3 Å². The fourth-order valence-electron chi connectivity index (χ4n) is 2.28. The Labute approximate surface area is 149 Å². The molecular weight excluding hydrogens is 339 g/mol. The minimum atomic E-state index is -0.666. The quantitative estimate of drug-likeness (QED) is 0.580. The first-order chi connectivity index (χ1) is 12.4. The Morgan fingerprint density at radius 2 is 1.69 bits per heavy atom. The second-order valence-corrected chi connectivity index (χ2v) is 5.62. The van der Waals surface area contributed by atoms with E-state index in [2.05, 4.69) is 10.6 Å². The van der Waals surface area contributed by atoms with Gasteiger partial charge in [0.1, 0.15) is 5.82 Å². The molecule has 7 nitrogen and oxygen atoms in total. The molecule has 0 saturated heterocycles. The third-order valence-electron chi connectivity index (χ3n) is 3.48. The van der Waals surface area contributed by atoms with Crippen LogP contribution in [0.25, 0.3) is 0 Å². The number of primary amides is 1. The lowest BCUT2D eigenvalue weighted by molar-refractivity contribution is -0.117. The molecule has 6 N–H and O–H groups in total. The van der Waals surface area contributed by atoms with Crippen LogP contribution in [0.15, 0.2) is 42.5 Å². The van der Waals surface area contributed by atoms with E-state index < -0.39 is 11.8 Å². The van der Waals surface area contributed by atoms with Crippen molar-refractivity contribution in [3.05, 3.63) is 65.0 Å². The molecule has 2 aromatic carbocycles. The van der Waals surface area contributed by atoms with E-state index in [-0.39, 0.29) is 36.8 Å². The van der Waals surface area contributed by atoms with Crippen molar-refractivity contribution in [2.45, 2.75) is 13.0 Å². The molecule has 2 rings (SSSR count). The Morgan fingerprint density at radius 3 is 2.31 bits per heavy atom. The molecule has 0 aliphatic carbocycles. The predicted molar refractivity (Wildman–Crippen MR) is 94.6 cm³/mol. The summed E-state index contributed by atoms with van der Waals surface area (Å²) in [6.45, 7) is -0.129. The Balaban J connectivity index is 2.11. The van der Waals surface area contributed by atoms with Crippen molar-refractivity contribution in [2.75, 3.05) is 11.9 Å². The van der Waals surface area contributed by atoms with Crippen LogP contribution < -0.4 is 22.1 Å². The molecule has 0 fully saturated rings. The predicted octanol–water partition coefficient (Wildman–Crippen LogP) is 0.681. The largest absolute Gasteiger partial charge is 0.368 e. The number of carbonyl (C=O) groups is 3. The number of hydrogen-bond acceptors (Lipinski definition) is 4. The summed E-state index contributed by atoms with van der Waals surface area (Å²) in [6, 6.07) is 10.3. The number of halogens is 1. The van der Waals surface area contributed by atoms with Crippen LogP contribution in [0.2, 0.25) is 0 Å². The van der Waals surface area contributed by atoms with Gasteiger partial charge in [-0.1, -0.05) is 12.1 Å². The van der Waals surface area contributed by atoms with Crippen LogP contribution in [0, 0.1) is 5.82 Å². The Hall–Kier alpha value is -3.26. The Bertz CT molecular complexity index is 822. The summed E-state index contributed by atoms with van der Waals surface area (Å²) in [4.78, 5) is 35.0. The fourth-order valence-corrected chi connectivity index (χ4v) is 2.28. The highest BCUT2D eigenvalue weighted by atomic mass is 19.1. The van der Waals surface area contributed by atoms with Crippen molar-refractivity contribution in [3.63, 3.8) is 0 Å². The second kappa shape index (κ2) is 8.72. The van der Waals surface area contributed by atoms with E-state index in [1.807, 2.05) is 0 Å². The summed E-state index contributed by atoms with van der Waals surface area (Å²) < 4.78 is 12.9. The molecule has 0 aromatic heterocycles. The molecular formula is C18H19FN4O3. The number of anilines is 1. The van der Waals surface area contributed by atoms with Gasteiger partial charge in [0, 0.05) is 17.8 Å². The lowest BCUT2D eigenvalue weighted by Crippen LogP contribution is -2.33. The highest BCUT2D eigenvalue weighted by Crippen LogP contribution is 2.16. The summed E-state index contributed by atoms with van der Waals surface area (Å²) in [5, 5.41) is 5.05. The first-order valence-electron chi connectivity index (χ1n) is 7.82. The van der Waals surface area contributed by atoms with Gasteiger partial charge in [-0.25, -0.2) is 4.39 Å². The fraction of sp³-hybridized carbons (Fsp3) is 0.167. The number of benzene rings is 2. The van der Waals surface area contributed by atoms with Crippen LogP contribution >= 0.6 is 0 Å². The molecule has 0 radical (unpaired) electrons. The zero-order valence-electron chi connectivity index (χ0n) is 13.9. The molecule has 2 aromatic rings. The number of amides is 3. The number of rotatable bonds is 7. The highest BCUT2D eigenvalue weighted by Gasteiger charge is 2.11. The standard InChI is InChI=1S/C18H19FN4O3/c19-14-3-1-11(2-4-14)7-17(25)23-15-6-12(9-20)5-13(8-15)18(26)22-10-16(21)24/h1-6,8H,7,9-10,20H2,(H2,21,24)(H,22,26)(H,23,25). The number of hydrogen-bond donors (Lipinski definition) is 4. The minimum Gasteiger partial charge on any atom is -0.368 e. The van der Waals surface area contributed by atoms with Gasteiger partial charge in [0.25, 0.3) is 5.91 Å². The van der Waals surface area contributed by atoms with Crippen molar-refractivity contribution in [2.24, 2.45) is 11.5 Å². The SMILES string of the molecule is NCc1cc(NC(=O)Cc2ccc(F)cc2)cc(C(=O)NCC(N)=O)c1. The van der Waals surface area contributed by atoms with Crippen molar-refractivity contribution < 1.29 is 18.8 Å². The maximum absolute atomic E-state index is 12.9. The van der Waals surface area contributed by atoms with Crippen molar-refractivity contribution in [1.29, 1.82) is 0 Å². The monoisotopic (exact) mass is 358 g/mol. The maximum atomic E-state index is 12.9. The van der Waals surface area contributed by atoms with Crippen molar-refractivity contribution in [3.8, 4) is 0 Å². The van der Waals surface area contributed by atoms with Crippen molar-refractivity contribution in [1.82, 2.24) is 5.32 Å². The van der Waals surface area contributed by atoms with E-state index >= 15 is 0 Å². The first kappa shape index (κ1) is 19.1. The zero-order chi connectivity index (χ0) is 19.1. The summed E-state index contributed by atoms with van der Waals surface area (Å²) in [7, 11) is 0. The van der Waals surface area contributed by atoms with Gasteiger partial charge >= 0.3 is 0 Å². The van der Waals surface area contributed by atoms with Crippen LogP contribution in [0.5, 0.6) is 0 Å². The van der Waals surface area contributed by atoms with Gasteiger partial charge in [-0.2, -0.15) is 0 Å². The third kappa shape index (κ3) is 5.67. The molecule has 0 bridgehead atoms. The molecule has 0 atom stereocenters. The van der Waals surface area contributed by atoms with Crippen LogP contribution in [0.1, 0.15) is 21.5 Å². The molecule has 0 heterocycles. The van der Waals surface area contributed by atoms with E-state index in [0.29, 0.717) is 16.8 Å². The summed E-state index contributed by atoms with van der Waals surface area (Å²) in [6.07, 6.45) is 0.0519. The summed E-state index contributed by atoms with van der Waals surface area (Å²) in [5.41, 5.74) is 12.5. The van der Waals surface area contributed by atoms with Crippen LogP contribution in [-0.2, 0) is 22.6 Å². The van der Waals surface area contributed by atoms with E-state index in [9.17, 15) is 18.8 Å². The van der Waals surface area contributed by atoms with E-state index in [0.717, 1.165) is 0 Å². The average molecular weight is 358 g/mol. The molecule has 0 saturated carbocycles. The molecule has 0 unspecified atom stereocenters. The minimum absolute atomic E-state index is 0.0519. The molecule has 0 spiro atoms. The Kier molecular flexibility index (Phi) is 6.40. The second-order valence-electron chi connectivity index (χ2n) is 5.62. The van der Waals surface area contributed by atoms with Gasteiger partial charge in [-0.15, -0.1) is 0 Å². The summed E-state index contributed by atoms with van der Waals surface area (Å²) in [5.74, 6) is -1.88. The highest BCUT2D eigenvalue weighted by molar-refractivity contribution is 5.99. The normalized spacial score (nSPS) is 10.2.